The van der Waals surface area contributed by atoms with E-state index in [0.717, 1.165) is 47.0 Å². The van der Waals surface area contributed by atoms with E-state index in [1.807, 2.05) is 152 Å². The van der Waals surface area contributed by atoms with Gasteiger partial charge >= 0.3 is 34.9 Å². The van der Waals surface area contributed by atoms with Gasteiger partial charge in [-0.3, -0.25) is 51.1 Å². The van der Waals surface area contributed by atoms with Gasteiger partial charge in [-0.1, -0.05) is 186 Å². The SMILES string of the molecule is CC(C)(C)OC(=O)Nc1cc(NCc2ccccc2)c(N)cn1.CC(C)(C)OC(=O)Nc1cc(NCc2ccccc2)c([N+](=O)[O-])cn1.NCc1ccccc1.Nc1cc(NCc2ccccc2)c([N+](=O)[O-])cn1.O=[N+]([O-])c1cnc(Cl)cc1Cl.O=[N+]([O-])c1cnc(Cl)cc1NCc1ccccc1. The molecule has 5 heterocycles. The van der Waals surface area contributed by atoms with Gasteiger partial charge in [0.05, 0.1) is 37.3 Å². The molecular weight excluding hydrogens is 1390 g/mol. The third kappa shape index (κ3) is 31.1. The molecule has 10 aromatic rings. The number of aromatic nitrogens is 5. The predicted molar refractivity (Wildman–Crippen MR) is 401 cm³/mol. The largest absolute Gasteiger partial charge is 0.444 e. The summed E-state index contributed by atoms with van der Waals surface area (Å²) in [7, 11) is 0. The van der Waals surface area contributed by atoms with E-state index in [4.69, 9.17) is 61.5 Å². The number of benzene rings is 5. The van der Waals surface area contributed by atoms with Crippen molar-refractivity contribution in [1.82, 2.24) is 24.9 Å². The lowest BCUT2D eigenvalue weighted by Gasteiger charge is -2.19. The van der Waals surface area contributed by atoms with Crippen molar-refractivity contribution in [2.75, 3.05) is 43.4 Å². The number of hydrogen-bond donors (Lipinski definition) is 9. The Morgan fingerprint density at radius 2 is 0.709 bits per heavy atom. The van der Waals surface area contributed by atoms with Crippen LogP contribution in [-0.4, -0.2) is 68.0 Å². The standard InChI is InChI=1S/C17H20N4O4.C17H22N4O2.C12H10ClN3O2.C12H12N4O2.C7H9N.C5H2Cl2N2O2/c1-17(2,3)25-16(22)20-15-9-13(14(11-19-15)21(23)24)18-10-12-7-5-4-6-8-12;1-17(2,3)23-16(22)21-15-9-14(13(18)11-20-15)19-10-12-7-5-4-6-8-12;2*13-12-6-10(11(8-15-12)16(17)18)14-7-9-4-2-1-3-5-9;8-6-7-4-2-1-3-5-7;6-3-1-5(7)8-2-4(3)9(10)11/h4-9,11H,10H2,1-3H3,(H2,18,19,20,22);4-9,11H,10,18H2,1-3H3,(H2,19,20,21,22);1-6,8H,7H2,(H,14,15);1-6,8H,7H2,(H3,13,14,15);1-5H,6,8H2;1-2H. The molecule has 0 bridgehead atoms. The number of nitrogens with two attached hydrogens (primary N) is 3. The molecule has 0 saturated heterocycles. The van der Waals surface area contributed by atoms with Gasteiger partial charge in [0.15, 0.2) is 0 Å². The summed E-state index contributed by atoms with van der Waals surface area (Å²) in [6.45, 7) is 13.3. The summed E-state index contributed by atoms with van der Waals surface area (Å²) in [5.41, 5.74) is 22.5. The van der Waals surface area contributed by atoms with Crippen molar-refractivity contribution < 1.29 is 38.8 Å². The first-order valence-corrected chi connectivity index (χ1v) is 32.0. The molecule has 0 atom stereocenters. The summed E-state index contributed by atoms with van der Waals surface area (Å²) in [6, 6.07) is 55.8. The topological polar surface area (TPSA) is 440 Å². The second kappa shape index (κ2) is 41.3. The Morgan fingerprint density at radius 3 is 1.06 bits per heavy atom. The second-order valence-corrected chi connectivity index (χ2v) is 24.4. The Kier molecular flexibility index (Phi) is 32.6. The smallest absolute Gasteiger partial charge is 0.413 e. The Labute approximate surface area is 607 Å². The molecule has 33 heteroatoms. The third-order valence-corrected chi connectivity index (χ3v) is 13.5. The van der Waals surface area contributed by atoms with Crippen molar-refractivity contribution in [3.63, 3.8) is 0 Å². The first-order chi connectivity index (χ1) is 48.9. The molecular formula is C70H75Cl3N18O12. The van der Waals surface area contributed by atoms with Crippen molar-refractivity contribution in [2.45, 2.75) is 85.5 Å². The molecule has 5 aromatic carbocycles. The van der Waals surface area contributed by atoms with Gasteiger partial charge < -0.3 is 47.9 Å². The third-order valence-electron chi connectivity index (χ3n) is 12.8. The van der Waals surface area contributed by atoms with Gasteiger partial charge in [0, 0.05) is 63.1 Å². The van der Waals surface area contributed by atoms with Crippen molar-refractivity contribution in [3.8, 4) is 0 Å². The maximum Gasteiger partial charge on any atom is 0.413 e. The van der Waals surface area contributed by atoms with Crippen LogP contribution in [-0.2, 0) is 42.2 Å². The molecule has 0 aliphatic carbocycles. The molecule has 0 fully saturated rings. The van der Waals surface area contributed by atoms with Crippen LogP contribution in [0.2, 0.25) is 15.3 Å². The summed E-state index contributed by atoms with van der Waals surface area (Å²) in [6.07, 6.45) is 4.69. The zero-order valence-electron chi connectivity index (χ0n) is 56.5. The van der Waals surface area contributed by atoms with Gasteiger partial charge in [-0.15, -0.1) is 0 Å². The molecule has 0 spiro atoms. The maximum atomic E-state index is 11.8. The Hall–Kier alpha value is -12.4. The van der Waals surface area contributed by atoms with Gasteiger partial charge in [0.25, 0.3) is 0 Å². The molecule has 2 amide bonds. The monoisotopic (exact) mass is 1460 g/mol. The number of anilines is 8. The number of nitrogen functional groups attached to an aromatic ring is 2. The number of carbonyl (C=O) groups is 2. The number of pyridine rings is 5. The molecule has 538 valence electrons. The predicted octanol–water partition coefficient (Wildman–Crippen LogP) is 16.5. The van der Waals surface area contributed by atoms with E-state index in [1.165, 1.54) is 36.0 Å². The summed E-state index contributed by atoms with van der Waals surface area (Å²) < 4.78 is 10.3. The number of carbonyl (C=O) groups excluding carboxylic acids is 2. The molecule has 30 nitrogen and oxygen atoms in total. The van der Waals surface area contributed by atoms with E-state index in [1.54, 1.807) is 47.6 Å². The fourth-order valence-electron chi connectivity index (χ4n) is 8.09. The van der Waals surface area contributed by atoms with Gasteiger partial charge in [-0.2, -0.15) is 0 Å². The molecule has 0 saturated carbocycles. The Bertz CT molecular complexity index is 4280. The van der Waals surface area contributed by atoms with Crippen LogP contribution in [0.1, 0.15) is 69.4 Å². The molecule has 0 aliphatic rings. The van der Waals surface area contributed by atoms with Crippen LogP contribution in [0, 0.1) is 40.5 Å². The summed E-state index contributed by atoms with van der Waals surface area (Å²) in [4.78, 5) is 83.3. The number of ether oxygens (including phenoxy) is 2. The van der Waals surface area contributed by atoms with Gasteiger partial charge in [-0.05, 0) is 69.4 Å². The van der Waals surface area contributed by atoms with E-state index in [2.05, 4.69) is 56.8 Å². The minimum atomic E-state index is -0.678. The summed E-state index contributed by atoms with van der Waals surface area (Å²) in [5, 5.41) is 60.6. The number of nitrogens with one attached hydrogen (secondary N) is 6. The van der Waals surface area contributed by atoms with Crippen molar-refractivity contribution >= 4 is 116 Å². The van der Waals surface area contributed by atoms with Gasteiger partial charge in [0.2, 0.25) is 0 Å². The highest BCUT2D eigenvalue weighted by molar-refractivity contribution is 6.35. The highest BCUT2D eigenvalue weighted by Crippen LogP contribution is 2.30. The molecule has 103 heavy (non-hydrogen) atoms. The van der Waals surface area contributed by atoms with Crippen molar-refractivity contribution in [2.24, 2.45) is 5.73 Å². The lowest BCUT2D eigenvalue weighted by molar-refractivity contribution is -0.385. The van der Waals surface area contributed by atoms with Crippen LogP contribution in [0.15, 0.2) is 213 Å². The quantitative estimate of drug-likeness (QED) is 0.0206. The summed E-state index contributed by atoms with van der Waals surface area (Å²) >= 11 is 16.6. The van der Waals surface area contributed by atoms with E-state index < -0.39 is 43.1 Å². The zero-order chi connectivity index (χ0) is 75.5. The number of nitro groups is 4. The molecule has 0 aliphatic heterocycles. The van der Waals surface area contributed by atoms with E-state index >= 15 is 0 Å². The fourth-order valence-corrected chi connectivity index (χ4v) is 8.68. The van der Waals surface area contributed by atoms with Crippen LogP contribution in [0.5, 0.6) is 0 Å². The number of amides is 2. The highest BCUT2D eigenvalue weighted by atomic mass is 35.5. The maximum absolute atomic E-state index is 11.8. The Morgan fingerprint density at radius 1 is 0.408 bits per heavy atom. The van der Waals surface area contributed by atoms with Crippen LogP contribution in [0.3, 0.4) is 0 Å². The Balaban J connectivity index is 0.000000229. The molecule has 12 N–H and O–H groups in total. The van der Waals surface area contributed by atoms with Crippen LogP contribution in [0.4, 0.5) is 78.2 Å². The first-order valence-electron chi connectivity index (χ1n) is 30.9. The highest BCUT2D eigenvalue weighted by Gasteiger charge is 2.22. The number of rotatable bonds is 19. The van der Waals surface area contributed by atoms with Crippen molar-refractivity contribution in [1.29, 1.82) is 0 Å². The average molecular weight is 1470 g/mol. The van der Waals surface area contributed by atoms with E-state index in [0.29, 0.717) is 61.3 Å². The van der Waals surface area contributed by atoms with E-state index in [9.17, 15) is 50.0 Å². The molecule has 10 rings (SSSR count). The molecule has 5 aromatic heterocycles. The average Bonchev–Trinajstić information content (AvgIpc) is 0.870. The number of halogens is 3. The van der Waals surface area contributed by atoms with Crippen molar-refractivity contribution in [3.05, 3.63) is 297 Å². The lowest BCUT2D eigenvalue weighted by atomic mass is 10.2. The summed E-state index contributed by atoms with van der Waals surface area (Å²) in [5.74, 6) is 0.788. The molecule has 0 unspecified atom stereocenters. The number of nitrogens with zero attached hydrogens (tertiary/aromatic N) is 9. The van der Waals surface area contributed by atoms with Gasteiger partial charge in [-0.25, -0.2) is 34.5 Å². The fraction of sp³-hybridized carbons (Fsp3) is 0.186. The number of hydrogen-bond acceptors (Lipinski definition) is 24. The van der Waals surface area contributed by atoms with Crippen LogP contribution in [0.25, 0.3) is 0 Å². The minimum Gasteiger partial charge on any atom is -0.444 e. The second-order valence-electron chi connectivity index (χ2n) is 23.2. The van der Waals surface area contributed by atoms with E-state index in [-0.39, 0.29) is 55.4 Å². The van der Waals surface area contributed by atoms with Gasteiger partial charge in [0.1, 0.15) is 85.8 Å². The van der Waals surface area contributed by atoms with Crippen LogP contribution >= 0.6 is 34.8 Å². The molecule has 0 radical (unpaired) electrons. The minimum absolute atomic E-state index is 0.00463. The normalized spacial score (nSPS) is 10.3. The first kappa shape index (κ1) is 81.3. The van der Waals surface area contributed by atoms with Crippen LogP contribution < -0.4 is 49.1 Å². The lowest BCUT2D eigenvalue weighted by Crippen LogP contribution is -2.27. The zero-order valence-corrected chi connectivity index (χ0v) is 58.8.